The molecule has 0 spiro atoms. The van der Waals surface area contributed by atoms with Crippen molar-refractivity contribution in [2.75, 3.05) is 0 Å². The number of pyridine rings is 2. The number of aromatic nitrogens is 2. The Bertz CT molecular complexity index is 651. The molecule has 21 heavy (non-hydrogen) atoms. The summed E-state index contributed by atoms with van der Waals surface area (Å²) in [5, 5.41) is 12.3. The van der Waals surface area contributed by atoms with E-state index in [1.807, 2.05) is 19.1 Å². The number of nitrogens with zero attached hydrogens (tertiary/aromatic N) is 2. The number of aromatic hydroxyl groups is 1. The monoisotopic (exact) mass is 283 g/mol. The van der Waals surface area contributed by atoms with Crippen LogP contribution in [0.2, 0.25) is 0 Å². The molecule has 1 atom stereocenters. The lowest BCUT2D eigenvalue weighted by Gasteiger charge is -2.19. The van der Waals surface area contributed by atoms with Crippen LogP contribution >= 0.6 is 0 Å². The Morgan fingerprint density at radius 2 is 2.14 bits per heavy atom. The fraction of sp³-hybridized carbons (Fsp3) is 0.312. The molecule has 1 fully saturated rings. The number of rotatable bonds is 4. The van der Waals surface area contributed by atoms with Gasteiger partial charge in [0, 0.05) is 6.20 Å². The third kappa shape index (κ3) is 3.02. The van der Waals surface area contributed by atoms with Gasteiger partial charge in [0.15, 0.2) is 0 Å². The van der Waals surface area contributed by atoms with Crippen molar-refractivity contribution in [3.05, 3.63) is 53.6 Å². The fourth-order valence-corrected chi connectivity index (χ4v) is 2.40. The minimum atomic E-state index is -0.239. The van der Waals surface area contributed by atoms with Gasteiger partial charge in [0.2, 0.25) is 0 Å². The summed E-state index contributed by atoms with van der Waals surface area (Å²) in [5.74, 6) is 0.252. The zero-order valence-electron chi connectivity index (χ0n) is 11.8. The van der Waals surface area contributed by atoms with Crippen LogP contribution in [0.1, 0.15) is 40.6 Å². The molecule has 3 rings (SSSR count). The Morgan fingerprint density at radius 3 is 2.76 bits per heavy atom. The first-order valence-electron chi connectivity index (χ1n) is 7.02. The molecule has 5 nitrogen and oxygen atoms in total. The predicted octanol–water partition coefficient (Wildman–Crippen LogP) is 2.37. The molecule has 1 saturated carbocycles. The maximum absolute atomic E-state index is 12.3. The van der Waals surface area contributed by atoms with Crippen molar-refractivity contribution in [3.63, 3.8) is 0 Å². The summed E-state index contributed by atoms with van der Waals surface area (Å²) in [7, 11) is 0. The first-order valence-corrected chi connectivity index (χ1v) is 7.02. The van der Waals surface area contributed by atoms with Gasteiger partial charge in [-0.05, 0) is 49.4 Å². The lowest BCUT2D eigenvalue weighted by Crippen LogP contribution is -2.31. The zero-order valence-corrected chi connectivity index (χ0v) is 11.8. The smallest absolute Gasteiger partial charge is 0.270 e. The van der Waals surface area contributed by atoms with Crippen LogP contribution in [0.25, 0.3) is 0 Å². The van der Waals surface area contributed by atoms with Crippen molar-refractivity contribution in [3.8, 4) is 5.75 Å². The van der Waals surface area contributed by atoms with Crippen LogP contribution in [0, 0.1) is 12.8 Å². The van der Waals surface area contributed by atoms with Gasteiger partial charge in [-0.25, -0.2) is 4.98 Å². The molecule has 1 amide bonds. The largest absolute Gasteiger partial charge is 0.506 e. The van der Waals surface area contributed by atoms with Gasteiger partial charge in [0.1, 0.15) is 11.4 Å². The molecule has 2 heterocycles. The molecule has 1 aliphatic carbocycles. The van der Waals surface area contributed by atoms with Crippen molar-refractivity contribution in [2.45, 2.75) is 25.8 Å². The van der Waals surface area contributed by atoms with Crippen LogP contribution < -0.4 is 5.32 Å². The molecule has 1 aliphatic rings. The Kier molecular flexibility index (Phi) is 3.56. The first kappa shape index (κ1) is 13.5. The van der Waals surface area contributed by atoms with Crippen molar-refractivity contribution in [1.82, 2.24) is 15.3 Å². The molecule has 108 valence electrons. The van der Waals surface area contributed by atoms with Gasteiger partial charge in [-0.2, -0.15) is 0 Å². The van der Waals surface area contributed by atoms with Crippen LogP contribution in [-0.2, 0) is 0 Å². The number of aryl methyl sites for hydroxylation is 1. The first-order chi connectivity index (χ1) is 10.1. The van der Waals surface area contributed by atoms with E-state index >= 15 is 0 Å². The van der Waals surface area contributed by atoms with E-state index in [1.165, 1.54) is 18.3 Å². The van der Waals surface area contributed by atoms with Crippen molar-refractivity contribution in [2.24, 2.45) is 5.92 Å². The van der Waals surface area contributed by atoms with Crippen LogP contribution in [0.15, 0.2) is 36.7 Å². The number of carbonyl (C=O) groups is 1. The number of carbonyl (C=O) groups excluding carboxylic acids is 1. The molecule has 0 unspecified atom stereocenters. The highest BCUT2D eigenvalue weighted by atomic mass is 16.3. The molecule has 2 aromatic rings. The van der Waals surface area contributed by atoms with E-state index < -0.39 is 0 Å². The average molecular weight is 283 g/mol. The van der Waals surface area contributed by atoms with Gasteiger partial charge in [-0.1, -0.05) is 6.07 Å². The lowest BCUT2D eigenvalue weighted by atomic mass is 10.0. The number of hydrogen-bond acceptors (Lipinski definition) is 4. The van der Waals surface area contributed by atoms with E-state index in [0.717, 1.165) is 24.1 Å². The van der Waals surface area contributed by atoms with Gasteiger partial charge >= 0.3 is 0 Å². The standard InChI is InChI=1S/C16H17N3O2/c1-10-3-2-8-17-14(10)15(11-4-5-11)19-16(21)13-7-6-12(20)9-18-13/h2-3,6-9,11,15,20H,4-5H2,1H3,(H,19,21)/t15-/m1/s1. The lowest BCUT2D eigenvalue weighted by molar-refractivity contribution is 0.0925. The Morgan fingerprint density at radius 1 is 1.33 bits per heavy atom. The summed E-state index contributed by atoms with van der Waals surface area (Å²) in [6.07, 6.45) is 5.23. The van der Waals surface area contributed by atoms with Crippen LogP contribution in [-0.4, -0.2) is 21.0 Å². The highest BCUT2D eigenvalue weighted by Gasteiger charge is 2.35. The summed E-state index contributed by atoms with van der Waals surface area (Å²) >= 11 is 0. The molecule has 5 heteroatoms. The second-order valence-corrected chi connectivity index (χ2v) is 5.40. The normalized spacial score (nSPS) is 15.5. The molecular formula is C16H17N3O2. The van der Waals surface area contributed by atoms with E-state index in [9.17, 15) is 9.90 Å². The maximum atomic E-state index is 12.3. The highest BCUT2D eigenvalue weighted by Crippen LogP contribution is 2.41. The second kappa shape index (κ2) is 5.52. The van der Waals surface area contributed by atoms with E-state index in [-0.39, 0.29) is 17.7 Å². The highest BCUT2D eigenvalue weighted by molar-refractivity contribution is 5.92. The second-order valence-electron chi connectivity index (χ2n) is 5.40. The molecule has 0 aromatic carbocycles. The van der Waals surface area contributed by atoms with Crippen molar-refractivity contribution >= 4 is 5.91 Å². The Hall–Kier alpha value is -2.43. The van der Waals surface area contributed by atoms with Crippen molar-refractivity contribution < 1.29 is 9.90 Å². The summed E-state index contributed by atoms with van der Waals surface area (Å²) < 4.78 is 0. The van der Waals surface area contributed by atoms with Gasteiger partial charge in [-0.15, -0.1) is 0 Å². The third-order valence-electron chi connectivity index (χ3n) is 3.71. The van der Waals surface area contributed by atoms with Crippen LogP contribution in [0.5, 0.6) is 5.75 Å². The van der Waals surface area contributed by atoms with E-state index in [0.29, 0.717) is 11.6 Å². The fourth-order valence-electron chi connectivity index (χ4n) is 2.40. The van der Waals surface area contributed by atoms with Gasteiger partial charge in [0.05, 0.1) is 17.9 Å². The topological polar surface area (TPSA) is 75.1 Å². The van der Waals surface area contributed by atoms with Crippen LogP contribution in [0.4, 0.5) is 0 Å². The van der Waals surface area contributed by atoms with Gasteiger partial charge < -0.3 is 10.4 Å². The summed E-state index contributed by atoms with van der Waals surface area (Å²) in [4.78, 5) is 20.7. The predicted molar refractivity (Wildman–Crippen MR) is 77.8 cm³/mol. The van der Waals surface area contributed by atoms with E-state index in [1.54, 1.807) is 6.20 Å². The van der Waals surface area contributed by atoms with Crippen molar-refractivity contribution in [1.29, 1.82) is 0 Å². The number of hydrogen-bond donors (Lipinski definition) is 2. The maximum Gasteiger partial charge on any atom is 0.270 e. The summed E-state index contributed by atoms with van der Waals surface area (Å²) in [6, 6.07) is 6.80. The third-order valence-corrected chi connectivity index (χ3v) is 3.71. The van der Waals surface area contributed by atoms with E-state index in [2.05, 4.69) is 15.3 Å². The molecule has 2 N–H and O–H groups in total. The van der Waals surface area contributed by atoms with Crippen LogP contribution in [0.3, 0.4) is 0 Å². The molecule has 0 saturated heterocycles. The minimum absolute atomic E-state index is 0.0471. The van der Waals surface area contributed by atoms with Gasteiger partial charge in [-0.3, -0.25) is 9.78 Å². The molecule has 2 aromatic heterocycles. The Labute approximate surface area is 123 Å². The molecule has 0 radical (unpaired) electrons. The quantitative estimate of drug-likeness (QED) is 0.903. The SMILES string of the molecule is Cc1cccnc1[C@H](NC(=O)c1ccc(O)cn1)C1CC1. The van der Waals surface area contributed by atoms with E-state index in [4.69, 9.17) is 0 Å². The Balaban J connectivity index is 1.81. The zero-order chi connectivity index (χ0) is 14.8. The summed E-state index contributed by atoms with van der Waals surface area (Å²) in [6.45, 7) is 2.00. The molecule has 0 bridgehead atoms. The number of amides is 1. The number of nitrogens with one attached hydrogen (secondary N) is 1. The molecule has 0 aliphatic heterocycles. The molecular weight excluding hydrogens is 266 g/mol. The van der Waals surface area contributed by atoms with Gasteiger partial charge in [0.25, 0.3) is 5.91 Å². The average Bonchev–Trinajstić information content (AvgIpc) is 3.31. The minimum Gasteiger partial charge on any atom is -0.506 e. The summed E-state index contributed by atoms with van der Waals surface area (Å²) in [5.41, 5.74) is 2.30.